The molecule has 0 saturated heterocycles. The normalized spacial score (nSPS) is 12.6. The van der Waals surface area contributed by atoms with E-state index < -0.39 is 5.97 Å². The molecule has 0 fully saturated rings. The minimum atomic E-state index is -0.937. The molecule has 0 radical (unpaired) electrons. The number of aromatic carboxylic acids is 1. The smallest absolute Gasteiger partial charge is 0.336 e. The summed E-state index contributed by atoms with van der Waals surface area (Å²) in [6.45, 7) is 3.79. The topological polar surface area (TPSA) is 76.2 Å². The van der Waals surface area contributed by atoms with Crippen molar-refractivity contribution in [2.75, 3.05) is 0 Å². The van der Waals surface area contributed by atoms with Crippen LogP contribution in [-0.2, 0) is 0 Å². The van der Waals surface area contributed by atoms with E-state index in [9.17, 15) is 9.90 Å². The van der Waals surface area contributed by atoms with Gasteiger partial charge in [0.15, 0.2) is 0 Å². The van der Waals surface area contributed by atoms with E-state index >= 15 is 0 Å². The van der Waals surface area contributed by atoms with Crippen molar-refractivity contribution in [3.05, 3.63) is 41.1 Å². The molecule has 0 saturated carbocycles. The number of aryl methyl sites for hydroxylation is 1. The number of pyridine rings is 1. The summed E-state index contributed by atoms with van der Waals surface area (Å²) in [6, 6.07) is 7.09. The van der Waals surface area contributed by atoms with Crippen molar-refractivity contribution in [1.29, 1.82) is 0 Å². The minimum absolute atomic E-state index is 0.0719. The molecular weight excluding hydrogens is 228 g/mol. The second-order valence-corrected chi connectivity index (χ2v) is 4.41. The van der Waals surface area contributed by atoms with Gasteiger partial charge in [0.1, 0.15) is 0 Å². The summed E-state index contributed by atoms with van der Waals surface area (Å²) in [6.07, 6.45) is 0.813. The molecule has 1 heterocycles. The van der Waals surface area contributed by atoms with E-state index in [4.69, 9.17) is 5.73 Å². The molecule has 0 unspecified atom stereocenters. The van der Waals surface area contributed by atoms with Crippen molar-refractivity contribution in [2.45, 2.75) is 26.3 Å². The summed E-state index contributed by atoms with van der Waals surface area (Å²) in [5, 5.41) is 9.88. The first-order chi connectivity index (χ1) is 8.52. The SMILES string of the molecule is CC[C@@H](N)c1ccc2nc(C)cc(C(=O)O)c2c1. The molecule has 1 aromatic carbocycles. The van der Waals surface area contributed by atoms with Crippen molar-refractivity contribution in [3.8, 4) is 0 Å². The summed E-state index contributed by atoms with van der Waals surface area (Å²) in [5.41, 5.74) is 8.59. The van der Waals surface area contributed by atoms with E-state index in [1.54, 1.807) is 13.0 Å². The highest BCUT2D eigenvalue weighted by molar-refractivity contribution is 6.02. The van der Waals surface area contributed by atoms with Gasteiger partial charge in [0.05, 0.1) is 11.1 Å². The molecule has 0 aliphatic carbocycles. The highest BCUT2D eigenvalue weighted by Crippen LogP contribution is 2.23. The number of carbonyl (C=O) groups is 1. The maximum absolute atomic E-state index is 11.3. The van der Waals surface area contributed by atoms with Gasteiger partial charge in [0.25, 0.3) is 0 Å². The lowest BCUT2D eigenvalue weighted by Crippen LogP contribution is -2.09. The van der Waals surface area contributed by atoms with Crippen LogP contribution in [0.4, 0.5) is 0 Å². The fraction of sp³-hybridized carbons (Fsp3) is 0.286. The summed E-state index contributed by atoms with van der Waals surface area (Å²) in [7, 11) is 0. The van der Waals surface area contributed by atoms with Crippen LogP contribution < -0.4 is 5.73 Å². The van der Waals surface area contributed by atoms with Gasteiger partial charge in [-0.25, -0.2) is 4.79 Å². The molecule has 0 aliphatic rings. The van der Waals surface area contributed by atoms with Gasteiger partial charge in [-0.15, -0.1) is 0 Å². The first-order valence-corrected chi connectivity index (χ1v) is 5.93. The van der Waals surface area contributed by atoms with E-state index in [1.807, 2.05) is 25.1 Å². The van der Waals surface area contributed by atoms with Crippen LogP contribution in [0.5, 0.6) is 0 Å². The Labute approximate surface area is 105 Å². The van der Waals surface area contributed by atoms with Crippen molar-refractivity contribution >= 4 is 16.9 Å². The second-order valence-electron chi connectivity index (χ2n) is 4.41. The Morgan fingerprint density at radius 3 is 2.78 bits per heavy atom. The first-order valence-electron chi connectivity index (χ1n) is 5.93. The van der Waals surface area contributed by atoms with Crippen LogP contribution in [0, 0.1) is 6.92 Å². The fourth-order valence-electron chi connectivity index (χ4n) is 2.02. The molecule has 3 N–H and O–H groups in total. The molecule has 4 nitrogen and oxygen atoms in total. The molecule has 0 amide bonds. The molecule has 4 heteroatoms. The molecular formula is C14H16N2O2. The Kier molecular flexibility index (Phi) is 3.30. The van der Waals surface area contributed by atoms with Crippen molar-refractivity contribution in [2.24, 2.45) is 5.73 Å². The molecule has 94 valence electrons. The molecule has 1 aromatic heterocycles. The van der Waals surface area contributed by atoms with E-state index in [-0.39, 0.29) is 11.6 Å². The zero-order valence-corrected chi connectivity index (χ0v) is 10.5. The standard InChI is InChI=1S/C14H16N2O2/c1-3-12(15)9-4-5-13-10(7-9)11(14(17)18)6-8(2)16-13/h4-7,12H,3,15H2,1-2H3,(H,17,18)/t12-/m1/s1. The highest BCUT2D eigenvalue weighted by Gasteiger charge is 2.12. The number of fused-ring (bicyclic) bond motifs is 1. The van der Waals surface area contributed by atoms with Gasteiger partial charge in [-0.2, -0.15) is 0 Å². The van der Waals surface area contributed by atoms with Crippen LogP contribution in [0.2, 0.25) is 0 Å². The van der Waals surface area contributed by atoms with Crippen LogP contribution in [0.25, 0.3) is 10.9 Å². The largest absolute Gasteiger partial charge is 0.478 e. The number of rotatable bonds is 3. The number of nitrogens with zero attached hydrogens (tertiary/aromatic N) is 1. The van der Waals surface area contributed by atoms with E-state index in [2.05, 4.69) is 4.98 Å². The average Bonchev–Trinajstić information content (AvgIpc) is 2.36. The van der Waals surface area contributed by atoms with Crippen molar-refractivity contribution in [1.82, 2.24) is 4.98 Å². The van der Waals surface area contributed by atoms with Gasteiger partial charge in [0.2, 0.25) is 0 Å². The second kappa shape index (κ2) is 4.74. The monoisotopic (exact) mass is 244 g/mol. The Morgan fingerprint density at radius 1 is 1.44 bits per heavy atom. The van der Waals surface area contributed by atoms with Gasteiger partial charge < -0.3 is 10.8 Å². The van der Waals surface area contributed by atoms with Crippen molar-refractivity contribution in [3.63, 3.8) is 0 Å². The maximum atomic E-state index is 11.3. The summed E-state index contributed by atoms with van der Waals surface area (Å²) in [4.78, 5) is 15.6. The molecule has 18 heavy (non-hydrogen) atoms. The predicted molar refractivity (Wildman–Crippen MR) is 70.7 cm³/mol. The molecule has 0 aliphatic heterocycles. The van der Waals surface area contributed by atoms with Gasteiger partial charge in [-0.1, -0.05) is 13.0 Å². The van der Waals surface area contributed by atoms with Crippen LogP contribution in [0.1, 0.15) is 41.0 Å². The fourth-order valence-corrected chi connectivity index (χ4v) is 2.02. The molecule has 2 rings (SSSR count). The van der Waals surface area contributed by atoms with E-state index in [0.717, 1.165) is 12.0 Å². The van der Waals surface area contributed by atoms with Crippen LogP contribution in [-0.4, -0.2) is 16.1 Å². The zero-order valence-electron chi connectivity index (χ0n) is 10.5. The molecule has 1 atom stereocenters. The van der Waals surface area contributed by atoms with Crippen LogP contribution in [0.3, 0.4) is 0 Å². The number of aromatic nitrogens is 1. The number of hydrogen-bond acceptors (Lipinski definition) is 3. The summed E-state index contributed by atoms with van der Waals surface area (Å²) >= 11 is 0. The van der Waals surface area contributed by atoms with Gasteiger partial charge in [0, 0.05) is 17.1 Å². The average molecular weight is 244 g/mol. The Morgan fingerprint density at radius 2 is 2.17 bits per heavy atom. The Hall–Kier alpha value is -1.94. The number of nitrogens with two attached hydrogens (primary N) is 1. The molecule has 0 spiro atoms. The Bertz CT molecular complexity index is 608. The molecule has 0 bridgehead atoms. The predicted octanol–water partition coefficient (Wildman–Crippen LogP) is 2.65. The first kappa shape index (κ1) is 12.5. The summed E-state index contributed by atoms with van der Waals surface area (Å²) in [5.74, 6) is -0.937. The third-order valence-corrected chi connectivity index (χ3v) is 3.06. The zero-order chi connectivity index (χ0) is 13.3. The van der Waals surface area contributed by atoms with Gasteiger partial charge in [-0.3, -0.25) is 4.98 Å². The lowest BCUT2D eigenvalue weighted by Gasteiger charge is -2.11. The quantitative estimate of drug-likeness (QED) is 0.870. The number of benzene rings is 1. The lowest BCUT2D eigenvalue weighted by molar-refractivity contribution is 0.0699. The third kappa shape index (κ3) is 2.19. The van der Waals surface area contributed by atoms with Crippen LogP contribution >= 0.6 is 0 Å². The minimum Gasteiger partial charge on any atom is -0.478 e. The molecule has 2 aromatic rings. The lowest BCUT2D eigenvalue weighted by atomic mass is 10.00. The van der Waals surface area contributed by atoms with E-state index in [1.165, 1.54) is 0 Å². The third-order valence-electron chi connectivity index (χ3n) is 3.06. The maximum Gasteiger partial charge on any atom is 0.336 e. The number of carboxylic acid groups (broad SMARTS) is 1. The van der Waals surface area contributed by atoms with E-state index in [0.29, 0.717) is 16.6 Å². The van der Waals surface area contributed by atoms with Crippen LogP contribution in [0.15, 0.2) is 24.3 Å². The number of hydrogen-bond donors (Lipinski definition) is 2. The van der Waals surface area contributed by atoms with Crippen molar-refractivity contribution < 1.29 is 9.90 Å². The highest BCUT2D eigenvalue weighted by atomic mass is 16.4. The summed E-state index contributed by atoms with van der Waals surface area (Å²) < 4.78 is 0. The van der Waals surface area contributed by atoms with Gasteiger partial charge >= 0.3 is 5.97 Å². The number of carboxylic acids is 1. The van der Waals surface area contributed by atoms with Gasteiger partial charge in [-0.05, 0) is 37.1 Å². The Balaban J connectivity index is 2.70.